The first-order chi connectivity index (χ1) is 8.28. The van der Waals surface area contributed by atoms with Crippen molar-refractivity contribution >= 4 is 5.97 Å². The van der Waals surface area contributed by atoms with Crippen molar-refractivity contribution in [2.24, 2.45) is 5.92 Å². The fourth-order valence-corrected chi connectivity index (χ4v) is 2.05. The van der Waals surface area contributed by atoms with Gasteiger partial charge in [0.1, 0.15) is 18.2 Å². The highest BCUT2D eigenvalue weighted by Crippen LogP contribution is 2.10. The lowest BCUT2D eigenvalue weighted by atomic mass is 10.1. The van der Waals surface area contributed by atoms with Crippen LogP contribution in [0.5, 0.6) is 0 Å². The monoisotopic (exact) mass is 258 g/mol. The molecule has 0 aliphatic heterocycles. The average molecular weight is 258 g/mol. The van der Waals surface area contributed by atoms with Crippen molar-refractivity contribution in [1.82, 2.24) is 0 Å². The van der Waals surface area contributed by atoms with Gasteiger partial charge in [-0.15, -0.1) is 0 Å². The molecule has 106 valence electrons. The van der Waals surface area contributed by atoms with E-state index in [4.69, 9.17) is 5.11 Å². The van der Waals surface area contributed by atoms with Gasteiger partial charge in [-0.1, -0.05) is 19.8 Å². The van der Waals surface area contributed by atoms with E-state index in [-0.39, 0.29) is 0 Å². The Morgan fingerprint density at radius 1 is 1.28 bits per heavy atom. The number of allylic oxidation sites excluding steroid dienone is 1. The van der Waals surface area contributed by atoms with Crippen molar-refractivity contribution in [1.29, 1.82) is 0 Å². The number of aliphatic hydroxyl groups is 1. The van der Waals surface area contributed by atoms with Gasteiger partial charge in [0.05, 0.1) is 20.6 Å². The highest BCUT2D eigenvalue weighted by Gasteiger charge is 2.24. The number of rotatable bonds is 9. The number of hydrogen-bond donors (Lipinski definition) is 2. The van der Waals surface area contributed by atoms with Gasteiger partial charge in [0.15, 0.2) is 0 Å². The maximum atomic E-state index is 10.8. The molecule has 0 aromatic carbocycles. The lowest BCUT2D eigenvalue weighted by Crippen LogP contribution is -2.45. The Hall–Kier alpha value is -1.03. The van der Waals surface area contributed by atoms with Gasteiger partial charge in [0, 0.05) is 0 Å². The zero-order chi connectivity index (χ0) is 14.2. The first-order valence-corrected chi connectivity index (χ1v) is 6.71. The molecule has 2 N–H and O–H groups in total. The predicted octanol–water partition coefficient (Wildman–Crippen LogP) is 2.81. The molecule has 0 fully saturated rings. The zero-order valence-corrected chi connectivity index (χ0v) is 12.1. The van der Waals surface area contributed by atoms with E-state index in [1.807, 2.05) is 20.2 Å². The second kappa shape index (κ2) is 8.14. The number of carboxylic acid groups (broad SMARTS) is 1. The Kier molecular flexibility index (Phi) is 7.67. The number of aliphatic hydroxyl groups excluding tert-OH is 1. The third kappa shape index (κ3) is 8.12. The molecule has 0 aromatic heterocycles. The Labute approximate surface area is 111 Å². The topological polar surface area (TPSA) is 57.5 Å². The molecule has 0 saturated carbocycles. The summed E-state index contributed by atoms with van der Waals surface area (Å²) in [4.78, 5) is 10.8. The van der Waals surface area contributed by atoms with Gasteiger partial charge < -0.3 is 14.7 Å². The molecule has 4 nitrogen and oxygen atoms in total. The van der Waals surface area contributed by atoms with Gasteiger partial charge in [-0.2, -0.15) is 0 Å². The quantitative estimate of drug-likeness (QED) is 0.380. The van der Waals surface area contributed by atoms with E-state index in [0.717, 1.165) is 12.8 Å². The molecule has 4 heteroatoms. The minimum Gasteiger partial charge on any atom is -0.507 e. The van der Waals surface area contributed by atoms with Crippen molar-refractivity contribution in [3.63, 3.8) is 0 Å². The highest BCUT2D eigenvalue weighted by molar-refractivity contribution is 5.69. The molecule has 0 radical (unpaired) electrons. The third-order valence-electron chi connectivity index (χ3n) is 2.97. The molecule has 1 atom stereocenters. The molecular formula is C14H28NO3+. The van der Waals surface area contributed by atoms with Crippen LogP contribution < -0.4 is 0 Å². The summed E-state index contributed by atoms with van der Waals surface area (Å²) >= 11 is 0. The number of nitrogens with zero attached hydrogens (tertiary/aromatic N) is 1. The van der Waals surface area contributed by atoms with Crippen molar-refractivity contribution in [2.45, 2.75) is 39.5 Å². The van der Waals surface area contributed by atoms with Gasteiger partial charge in [0.2, 0.25) is 0 Å². The Morgan fingerprint density at radius 3 is 2.39 bits per heavy atom. The second-order valence-electron chi connectivity index (χ2n) is 5.71. The lowest BCUT2D eigenvalue weighted by molar-refractivity contribution is -0.889. The number of aliphatic carboxylic acids is 1. The van der Waals surface area contributed by atoms with Crippen molar-refractivity contribution in [3.05, 3.63) is 11.8 Å². The van der Waals surface area contributed by atoms with Crippen LogP contribution in [-0.2, 0) is 4.79 Å². The number of quaternary nitrogens is 1. The fourth-order valence-electron chi connectivity index (χ4n) is 2.05. The van der Waals surface area contributed by atoms with Crippen LogP contribution in [0.4, 0.5) is 0 Å². The van der Waals surface area contributed by atoms with E-state index < -0.39 is 11.9 Å². The molecule has 0 aromatic rings. The predicted molar refractivity (Wildman–Crippen MR) is 73.5 cm³/mol. The van der Waals surface area contributed by atoms with Gasteiger partial charge in [-0.3, -0.25) is 4.79 Å². The fraction of sp³-hybridized carbons (Fsp3) is 0.786. The van der Waals surface area contributed by atoms with Crippen LogP contribution in [0.2, 0.25) is 0 Å². The molecule has 0 saturated heterocycles. The van der Waals surface area contributed by atoms with E-state index in [1.165, 1.54) is 12.8 Å². The summed E-state index contributed by atoms with van der Waals surface area (Å²) < 4.78 is 0.490. The van der Waals surface area contributed by atoms with Crippen molar-refractivity contribution in [2.75, 3.05) is 27.2 Å². The second-order valence-corrected chi connectivity index (χ2v) is 5.71. The van der Waals surface area contributed by atoms with Crippen LogP contribution in [0.15, 0.2) is 11.8 Å². The van der Waals surface area contributed by atoms with E-state index in [0.29, 0.717) is 23.3 Å². The van der Waals surface area contributed by atoms with Crippen LogP contribution in [-0.4, -0.2) is 47.9 Å². The summed E-state index contributed by atoms with van der Waals surface area (Å²) in [5.74, 6) is -0.811. The number of likely N-dealkylation sites (N-methyl/N-ethyl adjacent to an activating group) is 1. The smallest absolute Gasteiger partial charge is 0.311 e. The van der Waals surface area contributed by atoms with Crippen LogP contribution in [0.25, 0.3) is 0 Å². The molecule has 0 bridgehead atoms. The first kappa shape index (κ1) is 17.0. The third-order valence-corrected chi connectivity index (χ3v) is 2.97. The van der Waals surface area contributed by atoms with Crippen molar-refractivity contribution in [3.8, 4) is 0 Å². The summed E-state index contributed by atoms with van der Waals surface area (Å²) in [5.41, 5.74) is 0. The van der Waals surface area contributed by atoms with Crippen LogP contribution in [0.3, 0.4) is 0 Å². The van der Waals surface area contributed by atoms with E-state index >= 15 is 0 Å². The molecule has 0 heterocycles. The van der Waals surface area contributed by atoms with Gasteiger partial charge in [0.25, 0.3) is 0 Å². The maximum absolute atomic E-state index is 10.8. The van der Waals surface area contributed by atoms with Gasteiger partial charge in [-0.05, 0) is 25.8 Å². The van der Waals surface area contributed by atoms with Crippen LogP contribution in [0.1, 0.15) is 39.5 Å². The number of unbranched alkanes of at least 4 members (excludes halogenated alkanes) is 3. The SMILES string of the molecule is CCCCC/C=C(\O)C[N+](C)(C)CC(C)C(=O)O. The molecule has 0 aliphatic carbocycles. The van der Waals surface area contributed by atoms with E-state index in [2.05, 4.69) is 6.92 Å². The molecular weight excluding hydrogens is 230 g/mol. The molecule has 18 heavy (non-hydrogen) atoms. The van der Waals surface area contributed by atoms with Crippen LogP contribution in [0, 0.1) is 5.92 Å². The summed E-state index contributed by atoms with van der Waals surface area (Å²) in [5, 5.41) is 18.7. The van der Waals surface area contributed by atoms with E-state index in [9.17, 15) is 9.90 Å². The first-order valence-electron chi connectivity index (χ1n) is 6.71. The summed E-state index contributed by atoms with van der Waals surface area (Å²) in [6, 6.07) is 0. The number of hydrogen-bond acceptors (Lipinski definition) is 2. The van der Waals surface area contributed by atoms with Gasteiger partial charge in [-0.25, -0.2) is 0 Å². The molecule has 0 amide bonds. The molecule has 0 spiro atoms. The van der Waals surface area contributed by atoms with E-state index in [1.54, 1.807) is 6.92 Å². The minimum absolute atomic E-state index is 0.369. The number of carboxylic acids is 1. The summed E-state index contributed by atoms with van der Waals surface area (Å²) in [6.07, 6.45) is 6.21. The Morgan fingerprint density at radius 2 is 1.89 bits per heavy atom. The van der Waals surface area contributed by atoms with Gasteiger partial charge >= 0.3 is 5.97 Å². The molecule has 0 aliphatic rings. The van der Waals surface area contributed by atoms with Crippen LogP contribution >= 0.6 is 0 Å². The minimum atomic E-state index is -0.785. The Bertz CT molecular complexity index is 285. The normalized spacial score (nSPS) is 14.6. The van der Waals surface area contributed by atoms with Crippen molar-refractivity contribution < 1.29 is 19.5 Å². The number of carbonyl (C=O) groups is 1. The largest absolute Gasteiger partial charge is 0.507 e. The maximum Gasteiger partial charge on any atom is 0.311 e. The molecule has 0 rings (SSSR count). The average Bonchev–Trinajstić information content (AvgIpc) is 2.22. The zero-order valence-electron chi connectivity index (χ0n) is 12.1. The standard InChI is InChI=1S/C14H27NO3/c1-5-6-7-8-9-13(16)11-15(3,4)10-12(2)14(17)18/h9,12H,5-8,10-11H2,1-4H3,(H-,16,17,18)/p+1/b13-9-. The highest BCUT2D eigenvalue weighted by atomic mass is 16.4. The summed E-state index contributed by atoms with van der Waals surface area (Å²) in [6.45, 7) is 4.85. The Balaban J connectivity index is 4.17. The lowest BCUT2D eigenvalue weighted by Gasteiger charge is -2.30. The summed E-state index contributed by atoms with van der Waals surface area (Å²) in [7, 11) is 3.88. The molecule has 1 unspecified atom stereocenters.